The summed E-state index contributed by atoms with van der Waals surface area (Å²) in [7, 11) is 0. The summed E-state index contributed by atoms with van der Waals surface area (Å²) < 4.78 is 35.2. The number of aryl methyl sites for hydroxylation is 1. The Morgan fingerprint density at radius 3 is 3.00 bits per heavy atom. The highest BCUT2D eigenvalue weighted by atomic mass is 19.3. The minimum Gasteiger partial charge on any atom is -0.384 e. The third-order valence-corrected chi connectivity index (χ3v) is 4.95. The lowest BCUT2D eigenvalue weighted by Crippen LogP contribution is -2.44. The largest absolute Gasteiger partial charge is 0.384 e. The van der Waals surface area contributed by atoms with Gasteiger partial charge in [-0.1, -0.05) is 0 Å². The lowest BCUT2D eigenvalue weighted by molar-refractivity contribution is -0.140. The molecule has 2 aliphatic heterocycles. The monoisotopic (exact) mass is 382 g/mol. The fraction of sp³-hybridized carbons (Fsp3) is 0.562. The SMILES string of the molecule is Cc1nc2c([nH]1)CN(C[C@H]1O[C@@H](n3ccc(N)nc3=O)C(F)(F)[C@@H]1O)CC2. The van der Waals surface area contributed by atoms with Gasteiger partial charge >= 0.3 is 11.6 Å². The average molecular weight is 382 g/mol. The number of rotatable bonds is 3. The van der Waals surface area contributed by atoms with E-state index in [1.54, 1.807) is 0 Å². The molecule has 0 spiro atoms. The number of nitrogen functional groups attached to an aromatic ring is 1. The number of halogens is 2. The zero-order chi connectivity index (χ0) is 19.3. The summed E-state index contributed by atoms with van der Waals surface area (Å²) in [4.78, 5) is 24.8. The van der Waals surface area contributed by atoms with Crippen molar-refractivity contribution in [3.05, 3.63) is 40.0 Å². The quantitative estimate of drug-likeness (QED) is 0.672. The molecule has 2 aromatic rings. The van der Waals surface area contributed by atoms with Crippen molar-refractivity contribution in [3.63, 3.8) is 0 Å². The van der Waals surface area contributed by atoms with E-state index in [2.05, 4.69) is 15.0 Å². The second kappa shape index (κ2) is 6.36. The molecule has 1 saturated heterocycles. The maximum atomic E-state index is 14.6. The number of imidazole rings is 1. The fourth-order valence-electron chi connectivity index (χ4n) is 3.63. The standard InChI is InChI=1S/C16H20F2N6O3/c1-8-20-9-2-4-23(6-10(9)21-8)7-11-13(25)16(17,18)14(27-11)24-5-3-12(19)22-15(24)26/h3,5,11,13-14,25H,2,4,6-7H2,1H3,(H,20,21)(H2,19,22,26)/t11-,13-,14-/m1/s1. The van der Waals surface area contributed by atoms with Crippen LogP contribution in [0.3, 0.4) is 0 Å². The summed E-state index contributed by atoms with van der Waals surface area (Å²) in [5, 5.41) is 10.1. The molecule has 3 atom stereocenters. The van der Waals surface area contributed by atoms with E-state index in [9.17, 15) is 18.7 Å². The average Bonchev–Trinajstić information content (AvgIpc) is 3.06. The van der Waals surface area contributed by atoms with E-state index in [1.165, 1.54) is 6.07 Å². The van der Waals surface area contributed by atoms with Gasteiger partial charge in [0.2, 0.25) is 6.23 Å². The van der Waals surface area contributed by atoms with Crippen LogP contribution in [0.4, 0.5) is 14.6 Å². The summed E-state index contributed by atoms with van der Waals surface area (Å²) >= 11 is 0. The first-order valence-electron chi connectivity index (χ1n) is 8.58. The number of H-pyrrole nitrogens is 1. The number of aliphatic hydroxyl groups is 1. The third-order valence-electron chi connectivity index (χ3n) is 4.95. The zero-order valence-electron chi connectivity index (χ0n) is 14.6. The van der Waals surface area contributed by atoms with E-state index < -0.39 is 30.0 Å². The van der Waals surface area contributed by atoms with Gasteiger partial charge < -0.3 is 20.6 Å². The molecule has 11 heteroatoms. The van der Waals surface area contributed by atoms with Gasteiger partial charge in [-0.25, -0.2) is 9.78 Å². The van der Waals surface area contributed by atoms with Crippen LogP contribution in [0.25, 0.3) is 0 Å². The van der Waals surface area contributed by atoms with E-state index >= 15 is 0 Å². The molecule has 2 aromatic heterocycles. The Balaban J connectivity index is 1.52. The number of ether oxygens (including phenoxy) is 1. The summed E-state index contributed by atoms with van der Waals surface area (Å²) in [6.07, 6.45) is -3.35. The van der Waals surface area contributed by atoms with E-state index in [0.29, 0.717) is 24.1 Å². The molecule has 2 aliphatic rings. The second-order valence-electron chi connectivity index (χ2n) is 6.92. The summed E-state index contributed by atoms with van der Waals surface area (Å²) in [6.45, 7) is 3.07. The lowest BCUT2D eigenvalue weighted by Gasteiger charge is -2.29. The highest BCUT2D eigenvalue weighted by Crippen LogP contribution is 2.42. The summed E-state index contributed by atoms with van der Waals surface area (Å²) in [5.74, 6) is -2.91. The number of alkyl halides is 2. The highest BCUT2D eigenvalue weighted by Gasteiger charge is 2.59. The van der Waals surface area contributed by atoms with Gasteiger partial charge in [-0.2, -0.15) is 13.8 Å². The zero-order valence-corrected chi connectivity index (χ0v) is 14.6. The molecule has 0 saturated carbocycles. The van der Waals surface area contributed by atoms with Crippen molar-refractivity contribution in [1.29, 1.82) is 0 Å². The van der Waals surface area contributed by atoms with Crippen LogP contribution >= 0.6 is 0 Å². The highest BCUT2D eigenvalue weighted by molar-refractivity contribution is 5.24. The van der Waals surface area contributed by atoms with E-state index in [1.807, 2.05) is 11.8 Å². The predicted octanol–water partition coefficient (Wildman–Crippen LogP) is -0.191. The molecule has 0 bridgehead atoms. The maximum Gasteiger partial charge on any atom is 0.351 e. The Kier molecular flexibility index (Phi) is 4.24. The van der Waals surface area contributed by atoms with Crippen molar-refractivity contribution in [2.75, 3.05) is 18.8 Å². The molecular weight excluding hydrogens is 362 g/mol. The predicted molar refractivity (Wildman–Crippen MR) is 90.1 cm³/mol. The van der Waals surface area contributed by atoms with E-state index in [4.69, 9.17) is 10.5 Å². The second-order valence-corrected chi connectivity index (χ2v) is 6.92. The number of nitrogens with two attached hydrogens (primary N) is 1. The van der Waals surface area contributed by atoms with Crippen LogP contribution in [0.15, 0.2) is 17.1 Å². The van der Waals surface area contributed by atoms with Gasteiger partial charge in [0.1, 0.15) is 23.9 Å². The summed E-state index contributed by atoms with van der Waals surface area (Å²) in [5.41, 5.74) is 6.35. The van der Waals surface area contributed by atoms with Crippen LogP contribution in [-0.4, -0.2) is 60.7 Å². The topological polar surface area (TPSA) is 122 Å². The number of nitrogens with zero attached hydrogens (tertiary/aromatic N) is 4. The first-order chi connectivity index (χ1) is 12.8. The van der Waals surface area contributed by atoms with Crippen molar-refractivity contribution in [2.24, 2.45) is 0 Å². The lowest BCUT2D eigenvalue weighted by atomic mass is 10.1. The van der Waals surface area contributed by atoms with Gasteiger partial charge in [0.15, 0.2) is 0 Å². The molecule has 0 aliphatic carbocycles. The van der Waals surface area contributed by atoms with Crippen LogP contribution in [0, 0.1) is 6.92 Å². The molecule has 9 nitrogen and oxygen atoms in total. The minimum atomic E-state index is -3.64. The number of hydrogen-bond acceptors (Lipinski definition) is 7. The summed E-state index contributed by atoms with van der Waals surface area (Å²) in [6, 6.07) is 1.23. The van der Waals surface area contributed by atoms with Gasteiger partial charge in [0, 0.05) is 32.3 Å². The number of anilines is 1. The Morgan fingerprint density at radius 2 is 2.26 bits per heavy atom. The fourth-order valence-corrected chi connectivity index (χ4v) is 3.63. The Morgan fingerprint density at radius 1 is 1.48 bits per heavy atom. The Labute approximate surface area is 152 Å². The molecule has 27 heavy (non-hydrogen) atoms. The van der Waals surface area contributed by atoms with Gasteiger partial charge in [-0.3, -0.25) is 9.47 Å². The van der Waals surface area contributed by atoms with Crippen molar-refractivity contribution >= 4 is 5.82 Å². The van der Waals surface area contributed by atoms with Gasteiger partial charge in [0.05, 0.1) is 11.4 Å². The van der Waals surface area contributed by atoms with Gasteiger partial charge in [-0.15, -0.1) is 0 Å². The molecule has 0 amide bonds. The number of aliphatic hydroxyl groups excluding tert-OH is 1. The molecule has 0 radical (unpaired) electrons. The minimum absolute atomic E-state index is 0.0753. The third kappa shape index (κ3) is 3.11. The molecule has 0 unspecified atom stereocenters. The molecule has 1 fully saturated rings. The van der Waals surface area contributed by atoms with Crippen molar-refractivity contribution in [1.82, 2.24) is 24.4 Å². The van der Waals surface area contributed by atoms with E-state index in [0.717, 1.165) is 23.4 Å². The normalized spacial score (nSPS) is 27.6. The van der Waals surface area contributed by atoms with Crippen LogP contribution in [0.1, 0.15) is 23.4 Å². The smallest absolute Gasteiger partial charge is 0.351 e. The molecule has 4 N–H and O–H groups in total. The molecule has 4 rings (SSSR count). The van der Waals surface area contributed by atoms with Crippen molar-refractivity contribution in [2.45, 2.75) is 44.2 Å². The number of hydrogen-bond donors (Lipinski definition) is 3. The van der Waals surface area contributed by atoms with Gasteiger partial charge in [0.25, 0.3) is 0 Å². The first-order valence-corrected chi connectivity index (χ1v) is 8.58. The van der Waals surface area contributed by atoms with Gasteiger partial charge in [-0.05, 0) is 13.0 Å². The number of aromatic amines is 1. The van der Waals surface area contributed by atoms with Crippen LogP contribution in [-0.2, 0) is 17.7 Å². The van der Waals surface area contributed by atoms with Crippen LogP contribution in [0.5, 0.6) is 0 Å². The number of fused-ring (bicyclic) bond motifs is 1. The van der Waals surface area contributed by atoms with Crippen LogP contribution < -0.4 is 11.4 Å². The van der Waals surface area contributed by atoms with Crippen molar-refractivity contribution in [3.8, 4) is 0 Å². The molecule has 146 valence electrons. The Bertz CT molecular complexity index is 914. The maximum absolute atomic E-state index is 14.6. The molecular formula is C16H20F2N6O3. The first kappa shape index (κ1) is 18.0. The number of aromatic nitrogens is 4. The molecule has 4 heterocycles. The molecule has 0 aromatic carbocycles. The Hall–Kier alpha value is -2.37. The van der Waals surface area contributed by atoms with E-state index in [-0.39, 0.29) is 12.4 Å². The van der Waals surface area contributed by atoms with Crippen LogP contribution in [0.2, 0.25) is 0 Å². The number of nitrogens with one attached hydrogen (secondary N) is 1. The van der Waals surface area contributed by atoms with Crippen molar-refractivity contribution < 1.29 is 18.6 Å².